The number of aryl methyl sites for hydroxylation is 2. The number of carbonyl (C=O) groups is 1. The van der Waals surface area contributed by atoms with E-state index in [2.05, 4.69) is 31.3 Å². The first-order valence-corrected chi connectivity index (χ1v) is 10.9. The Morgan fingerprint density at radius 1 is 1.06 bits per heavy atom. The molecule has 0 aliphatic heterocycles. The molecular formula is C27H25ClN2O3. The molecule has 1 N–H and O–H groups in total. The lowest BCUT2D eigenvalue weighted by atomic mass is 10.1. The second-order valence-electron chi connectivity index (χ2n) is 7.46. The predicted octanol–water partition coefficient (Wildman–Crippen LogP) is 6.48. The quantitative estimate of drug-likeness (QED) is 0.308. The minimum Gasteiger partial charge on any atom is -0.490 e. The third-order valence-corrected chi connectivity index (χ3v) is 5.27. The lowest BCUT2D eigenvalue weighted by molar-refractivity contribution is -0.112. The molecule has 3 aromatic rings. The van der Waals surface area contributed by atoms with Gasteiger partial charge in [0.15, 0.2) is 11.5 Å². The number of hydrogen-bond donors (Lipinski definition) is 1. The number of halogens is 1. The topological polar surface area (TPSA) is 71.3 Å². The van der Waals surface area contributed by atoms with E-state index < -0.39 is 5.91 Å². The molecule has 0 unspecified atom stereocenters. The number of carbonyl (C=O) groups excluding carboxylic acids is 1. The van der Waals surface area contributed by atoms with Crippen molar-refractivity contribution in [1.82, 2.24) is 0 Å². The molecule has 0 spiro atoms. The van der Waals surface area contributed by atoms with Crippen molar-refractivity contribution in [2.24, 2.45) is 0 Å². The Kier molecular flexibility index (Phi) is 8.12. The lowest BCUT2D eigenvalue weighted by Gasteiger charge is -2.15. The number of rotatable bonds is 8. The van der Waals surface area contributed by atoms with Crippen LogP contribution in [-0.2, 0) is 11.4 Å². The van der Waals surface area contributed by atoms with Gasteiger partial charge in [0, 0.05) is 5.69 Å². The maximum atomic E-state index is 12.5. The first kappa shape index (κ1) is 23.9. The van der Waals surface area contributed by atoms with Crippen molar-refractivity contribution in [1.29, 1.82) is 5.26 Å². The van der Waals surface area contributed by atoms with Crippen LogP contribution in [0.15, 0.2) is 66.2 Å². The predicted molar refractivity (Wildman–Crippen MR) is 132 cm³/mol. The monoisotopic (exact) mass is 460 g/mol. The smallest absolute Gasteiger partial charge is 0.266 e. The summed E-state index contributed by atoms with van der Waals surface area (Å²) >= 11 is 6.51. The third-order valence-electron chi connectivity index (χ3n) is 4.99. The van der Waals surface area contributed by atoms with E-state index in [-0.39, 0.29) is 5.57 Å². The summed E-state index contributed by atoms with van der Waals surface area (Å²) in [5.74, 6) is 0.356. The van der Waals surface area contributed by atoms with Crippen molar-refractivity contribution in [3.05, 3.63) is 93.5 Å². The SMILES string of the molecule is CCOc1cc(/C=C(\C#N)C(=O)Nc2ccccc2)cc(Cl)c1OCc1ccc(C)c(C)c1. The van der Waals surface area contributed by atoms with Crippen LogP contribution in [0, 0.1) is 25.2 Å². The van der Waals surface area contributed by atoms with Crippen molar-refractivity contribution >= 4 is 29.3 Å². The molecule has 0 radical (unpaired) electrons. The summed E-state index contributed by atoms with van der Waals surface area (Å²) < 4.78 is 11.7. The molecule has 6 heteroatoms. The summed E-state index contributed by atoms with van der Waals surface area (Å²) in [6.07, 6.45) is 1.47. The molecule has 0 saturated heterocycles. The van der Waals surface area contributed by atoms with Crippen molar-refractivity contribution < 1.29 is 14.3 Å². The van der Waals surface area contributed by atoms with E-state index >= 15 is 0 Å². The van der Waals surface area contributed by atoms with Gasteiger partial charge in [-0.25, -0.2) is 0 Å². The van der Waals surface area contributed by atoms with Crippen LogP contribution in [0.25, 0.3) is 6.08 Å². The third kappa shape index (κ3) is 6.38. The Morgan fingerprint density at radius 2 is 1.82 bits per heavy atom. The maximum Gasteiger partial charge on any atom is 0.266 e. The van der Waals surface area contributed by atoms with Crippen molar-refractivity contribution in [3.8, 4) is 17.6 Å². The molecule has 168 valence electrons. The summed E-state index contributed by atoms with van der Waals surface area (Å²) in [4.78, 5) is 12.5. The van der Waals surface area contributed by atoms with Gasteiger partial charge in [0.2, 0.25) is 0 Å². The Hall–Kier alpha value is -3.75. The Labute approximate surface area is 199 Å². The molecular weight excluding hydrogens is 436 g/mol. The second-order valence-corrected chi connectivity index (χ2v) is 7.87. The van der Waals surface area contributed by atoms with Gasteiger partial charge in [0.25, 0.3) is 5.91 Å². The molecule has 3 aromatic carbocycles. The average molecular weight is 461 g/mol. The molecule has 0 bridgehead atoms. The van der Waals surface area contributed by atoms with Gasteiger partial charge in [-0.2, -0.15) is 5.26 Å². The highest BCUT2D eigenvalue weighted by molar-refractivity contribution is 6.32. The van der Waals surface area contributed by atoms with Crippen LogP contribution in [0.1, 0.15) is 29.2 Å². The second kappa shape index (κ2) is 11.2. The zero-order chi connectivity index (χ0) is 23.8. The van der Waals surface area contributed by atoms with Crippen LogP contribution in [-0.4, -0.2) is 12.5 Å². The fourth-order valence-electron chi connectivity index (χ4n) is 3.16. The molecule has 0 aliphatic carbocycles. The van der Waals surface area contributed by atoms with E-state index in [1.165, 1.54) is 17.2 Å². The summed E-state index contributed by atoms with van der Waals surface area (Å²) in [6, 6.07) is 20.4. The number of amides is 1. The summed E-state index contributed by atoms with van der Waals surface area (Å²) in [7, 11) is 0. The minimum absolute atomic E-state index is 0.0545. The Bertz CT molecular complexity index is 1210. The van der Waals surface area contributed by atoms with E-state index in [1.807, 2.05) is 25.1 Å². The number of benzene rings is 3. The van der Waals surface area contributed by atoms with Crippen LogP contribution in [0.2, 0.25) is 5.02 Å². The van der Waals surface area contributed by atoms with Crippen LogP contribution >= 0.6 is 11.6 Å². The molecule has 33 heavy (non-hydrogen) atoms. The van der Waals surface area contributed by atoms with Gasteiger partial charge in [0.1, 0.15) is 18.2 Å². The number of para-hydroxylation sites is 1. The van der Waals surface area contributed by atoms with Crippen LogP contribution < -0.4 is 14.8 Å². The number of anilines is 1. The van der Waals surface area contributed by atoms with Gasteiger partial charge < -0.3 is 14.8 Å². The molecule has 0 atom stereocenters. The molecule has 0 heterocycles. The number of nitrogens with one attached hydrogen (secondary N) is 1. The van der Waals surface area contributed by atoms with Crippen molar-refractivity contribution in [3.63, 3.8) is 0 Å². The zero-order valence-corrected chi connectivity index (χ0v) is 19.6. The van der Waals surface area contributed by atoms with Gasteiger partial charge in [-0.15, -0.1) is 0 Å². The molecule has 3 rings (SSSR count). The van der Waals surface area contributed by atoms with Crippen molar-refractivity contribution in [2.75, 3.05) is 11.9 Å². The average Bonchev–Trinajstić information content (AvgIpc) is 2.80. The number of nitriles is 1. The van der Waals surface area contributed by atoms with E-state index in [0.29, 0.717) is 41.0 Å². The van der Waals surface area contributed by atoms with Gasteiger partial charge in [-0.05, 0) is 73.4 Å². The largest absolute Gasteiger partial charge is 0.490 e. The summed E-state index contributed by atoms with van der Waals surface area (Å²) in [5, 5.41) is 12.6. The Morgan fingerprint density at radius 3 is 2.48 bits per heavy atom. The lowest BCUT2D eigenvalue weighted by Crippen LogP contribution is -2.13. The molecule has 1 amide bonds. The van der Waals surface area contributed by atoms with E-state index in [9.17, 15) is 10.1 Å². The fraction of sp³-hybridized carbons (Fsp3) is 0.185. The number of nitrogens with zero attached hydrogens (tertiary/aromatic N) is 1. The van der Waals surface area contributed by atoms with Gasteiger partial charge in [-0.1, -0.05) is 48.0 Å². The van der Waals surface area contributed by atoms with Crippen LogP contribution in [0.5, 0.6) is 11.5 Å². The fourth-order valence-corrected chi connectivity index (χ4v) is 3.43. The van der Waals surface area contributed by atoms with E-state index in [0.717, 1.165) is 5.56 Å². The van der Waals surface area contributed by atoms with Gasteiger partial charge in [-0.3, -0.25) is 4.79 Å². The van der Waals surface area contributed by atoms with Crippen LogP contribution in [0.4, 0.5) is 5.69 Å². The van der Waals surface area contributed by atoms with Crippen LogP contribution in [0.3, 0.4) is 0 Å². The van der Waals surface area contributed by atoms with Gasteiger partial charge in [0.05, 0.1) is 11.6 Å². The molecule has 0 fully saturated rings. The standard InChI is InChI=1S/C27H25ClN2O3/c1-4-32-25-15-21(13-22(16-29)27(31)30-23-8-6-5-7-9-23)14-24(28)26(25)33-17-20-11-10-18(2)19(3)12-20/h5-15H,4,17H2,1-3H3,(H,30,31)/b22-13+. The van der Waals surface area contributed by atoms with Gasteiger partial charge >= 0.3 is 0 Å². The Balaban J connectivity index is 1.84. The van der Waals surface area contributed by atoms with E-state index in [1.54, 1.807) is 36.4 Å². The zero-order valence-electron chi connectivity index (χ0n) is 18.8. The van der Waals surface area contributed by atoms with Crippen molar-refractivity contribution in [2.45, 2.75) is 27.4 Å². The summed E-state index contributed by atoms with van der Waals surface area (Å²) in [5.41, 5.74) is 4.53. The maximum absolute atomic E-state index is 12.5. The highest BCUT2D eigenvalue weighted by atomic mass is 35.5. The highest BCUT2D eigenvalue weighted by Crippen LogP contribution is 2.38. The summed E-state index contributed by atoms with van der Waals surface area (Å²) in [6.45, 7) is 6.71. The first-order valence-electron chi connectivity index (χ1n) is 10.5. The molecule has 0 saturated carbocycles. The number of hydrogen-bond acceptors (Lipinski definition) is 4. The molecule has 5 nitrogen and oxygen atoms in total. The number of ether oxygens (including phenoxy) is 2. The van der Waals surface area contributed by atoms with E-state index in [4.69, 9.17) is 21.1 Å². The highest BCUT2D eigenvalue weighted by Gasteiger charge is 2.15. The first-order chi connectivity index (χ1) is 15.9. The molecule has 0 aliphatic rings. The normalized spacial score (nSPS) is 10.9. The molecule has 0 aromatic heterocycles. The minimum atomic E-state index is -0.507.